The monoisotopic (exact) mass is 301 g/mol. The third kappa shape index (κ3) is 3.68. The molecule has 1 saturated heterocycles. The number of furan rings is 1. The molecule has 0 spiro atoms. The van der Waals surface area contributed by atoms with Gasteiger partial charge >= 0.3 is 0 Å². The van der Waals surface area contributed by atoms with E-state index in [1.807, 2.05) is 18.2 Å². The summed E-state index contributed by atoms with van der Waals surface area (Å²) in [7, 11) is 0. The molecule has 1 fully saturated rings. The third-order valence-electron chi connectivity index (χ3n) is 3.58. The van der Waals surface area contributed by atoms with Crippen LogP contribution in [0.15, 0.2) is 47.1 Å². The highest BCUT2D eigenvalue weighted by Crippen LogP contribution is 2.20. The zero-order valence-corrected chi connectivity index (χ0v) is 12.3. The van der Waals surface area contributed by atoms with Crippen molar-refractivity contribution in [2.45, 2.75) is 25.5 Å². The van der Waals surface area contributed by atoms with Crippen LogP contribution in [0.2, 0.25) is 0 Å². The van der Waals surface area contributed by atoms with Crippen LogP contribution in [0.1, 0.15) is 29.0 Å². The van der Waals surface area contributed by atoms with Crippen LogP contribution >= 0.6 is 0 Å². The number of rotatable bonds is 6. The van der Waals surface area contributed by atoms with Crippen LogP contribution in [0.4, 0.5) is 0 Å². The number of hydrogen-bond donors (Lipinski definition) is 1. The lowest BCUT2D eigenvalue weighted by Gasteiger charge is -2.14. The molecule has 1 aliphatic heterocycles. The van der Waals surface area contributed by atoms with Crippen LogP contribution < -0.4 is 10.1 Å². The third-order valence-corrected chi connectivity index (χ3v) is 3.58. The fourth-order valence-electron chi connectivity index (χ4n) is 2.41. The molecule has 3 rings (SSSR count). The van der Waals surface area contributed by atoms with Gasteiger partial charge in [0.2, 0.25) is 0 Å². The Kier molecular flexibility index (Phi) is 4.75. The van der Waals surface area contributed by atoms with Crippen molar-refractivity contribution >= 4 is 5.91 Å². The second kappa shape index (κ2) is 7.13. The number of amides is 1. The Bertz CT molecular complexity index is 603. The van der Waals surface area contributed by atoms with Gasteiger partial charge in [0.25, 0.3) is 5.91 Å². The average Bonchev–Trinajstić information content (AvgIpc) is 3.24. The van der Waals surface area contributed by atoms with Crippen molar-refractivity contribution in [2.24, 2.45) is 0 Å². The molecule has 1 aromatic heterocycles. The van der Waals surface area contributed by atoms with Crippen LogP contribution in [-0.2, 0) is 11.3 Å². The lowest BCUT2D eigenvalue weighted by atomic mass is 10.2. The molecule has 0 radical (unpaired) electrons. The van der Waals surface area contributed by atoms with E-state index in [0.717, 1.165) is 19.4 Å². The van der Waals surface area contributed by atoms with Gasteiger partial charge in [-0.3, -0.25) is 4.79 Å². The minimum absolute atomic E-state index is 0.124. The average molecular weight is 301 g/mol. The first-order chi connectivity index (χ1) is 10.8. The molecule has 1 aliphatic rings. The SMILES string of the molecule is O=C(NCc1ccco1)c1ccccc1OC[C@@H]1CCCO1. The maximum Gasteiger partial charge on any atom is 0.255 e. The molecule has 2 aromatic rings. The molecular formula is C17H19NO4. The molecular weight excluding hydrogens is 282 g/mol. The first-order valence-corrected chi connectivity index (χ1v) is 7.47. The first-order valence-electron chi connectivity index (χ1n) is 7.47. The Labute approximate surface area is 129 Å². The maximum absolute atomic E-state index is 12.3. The summed E-state index contributed by atoms with van der Waals surface area (Å²) in [6.45, 7) is 1.62. The summed E-state index contributed by atoms with van der Waals surface area (Å²) in [5.74, 6) is 1.11. The number of benzene rings is 1. The summed E-state index contributed by atoms with van der Waals surface area (Å²) in [4.78, 5) is 12.3. The number of nitrogens with one attached hydrogen (secondary N) is 1. The molecule has 0 saturated carbocycles. The van der Waals surface area contributed by atoms with Crippen molar-refractivity contribution in [1.82, 2.24) is 5.32 Å². The van der Waals surface area contributed by atoms with Gasteiger partial charge in [0, 0.05) is 6.61 Å². The van der Waals surface area contributed by atoms with E-state index in [2.05, 4.69) is 5.32 Å². The zero-order chi connectivity index (χ0) is 15.2. The molecule has 1 aromatic carbocycles. The Morgan fingerprint density at radius 3 is 2.95 bits per heavy atom. The van der Waals surface area contributed by atoms with E-state index >= 15 is 0 Å². The summed E-state index contributed by atoms with van der Waals surface area (Å²) < 4.78 is 16.5. The van der Waals surface area contributed by atoms with Gasteiger partial charge in [-0.05, 0) is 37.1 Å². The van der Waals surface area contributed by atoms with E-state index in [4.69, 9.17) is 13.9 Å². The lowest BCUT2D eigenvalue weighted by molar-refractivity contribution is 0.0670. The molecule has 1 atom stereocenters. The van der Waals surface area contributed by atoms with E-state index in [1.54, 1.807) is 24.5 Å². The molecule has 0 aliphatic carbocycles. The zero-order valence-electron chi connectivity index (χ0n) is 12.3. The molecule has 22 heavy (non-hydrogen) atoms. The number of ether oxygens (including phenoxy) is 2. The topological polar surface area (TPSA) is 60.7 Å². The standard InChI is InChI=1S/C17H19NO4/c19-17(18-11-13-5-3-9-20-13)15-7-1-2-8-16(15)22-12-14-6-4-10-21-14/h1-3,5,7-9,14H,4,6,10-12H2,(H,18,19)/t14-/m0/s1. The van der Waals surface area contributed by atoms with Gasteiger partial charge in [0.1, 0.15) is 18.1 Å². The van der Waals surface area contributed by atoms with Crippen LogP contribution in [0.3, 0.4) is 0 Å². The Hall–Kier alpha value is -2.27. The molecule has 1 N–H and O–H groups in total. The Morgan fingerprint density at radius 2 is 2.18 bits per heavy atom. The normalized spacial score (nSPS) is 17.4. The van der Waals surface area contributed by atoms with Gasteiger partial charge in [0.15, 0.2) is 0 Å². The summed E-state index contributed by atoms with van der Waals surface area (Å²) >= 11 is 0. The Morgan fingerprint density at radius 1 is 1.27 bits per heavy atom. The number of para-hydroxylation sites is 1. The molecule has 5 nitrogen and oxygen atoms in total. The van der Waals surface area contributed by atoms with E-state index in [9.17, 15) is 4.79 Å². The molecule has 0 bridgehead atoms. The van der Waals surface area contributed by atoms with Crippen molar-refractivity contribution < 1.29 is 18.7 Å². The predicted molar refractivity (Wildman–Crippen MR) is 80.8 cm³/mol. The van der Waals surface area contributed by atoms with Crippen LogP contribution in [0, 0.1) is 0 Å². The fourth-order valence-corrected chi connectivity index (χ4v) is 2.41. The summed E-state index contributed by atoms with van der Waals surface area (Å²) in [5, 5.41) is 2.83. The predicted octanol–water partition coefficient (Wildman–Crippen LogP) is 2.77. The lowest BCUT2D eigenvalue weighted by Crippen LogP contribution is -2.24. The maximum atomic E-state index is 12.3. The molecule has 2 heterocycles. The minimum Gasteiger partial charge on any atom is -0.490 e. The minimum atomic E-state index is -0.181. The first kappa shape index (κ1) is 14.7. The smallest absolute Gasteiger partial charge is 0.255 e. The van der Waals surface area contributed by atoms with Crippen LogP contribution in [0.25, 0.3) is 0 Å². The highest BCUT2D eigenvalue weighted by molar-refractivity contribution is 5.96. The van der Waals surface area contributed by atoms with E-state index in [1.165, 1.54) is 0 Å². The second-order valence-electron chi connectivity index (χ2n) is 5.20. The van der Waals surface area contributed by atoms with Gasteiger partial charge in [-0.1, -0.05) is 12.1 Å². The highest BCUT2D eigenvalue weighted by atomic mass is 16.5. The molecule has 116 valence electrons. The number of hydrogen-bond acceptors (Lipinski definition) is 4. The summed E-state index contributed by atoms with van der Waals surface area (Å²) in [6, 6.07) is 10.8. The van der Waals surface area contributed by atoms with Crippen molar-refractivity contribution in [3.8, 4) is 5.75 Å². The van der Waals surface area contributed by atoms with Gasteiger partial charge < -0.3 is 19.2 Å². The van der Waals surface area contributed by atoms with Crippen molar-refractivity contribution in [1.29, 1.82) is 0 Å². The second-order valence-corrected chi connectivity index (χ2v) is 5.20. The largest absolute Gasteiger partial charge is 0.490 e. The molecule has 0 unspecified atom stereocenters. The van der Waals surface area contributed by atoms with Crippen molar-refractivity contribution in [3.05, 3.63) is 54.0 Å². The van der Waals surface area contributed by atoms with Gasteiger partial charge in [-0.2, -0.15) is 0 Å². The highest BCUT2D eigenvalue weighted by Gasteiger charge is 2.18. The molecule has 1 amide bonds. The number of carbonyl (C=O) groups is 1. The van der Waals surface area contributed by atoms with Gasteiger partial charge in [-0.25, -0.2) is 0 Å². The fraction of sp³-hybridized carbons (Fsp3) is 0.353. The number of carbonyl (C=O) groups excluding carboxylic acids is 1. The van der Waals surface area contributed by atoms with Crippen molar-refractivity contribution in [2.75, 3.05) is 13.2 Å². The van der Waals surface area contributed by atoms with Gasteiger partial charge in [-0.15, -0.1) is 0 Å². The van der Waals surface area contributed by atoms with Crippen LogP contribution in [0.5, 0.6) is 5.75 Å². The van der Waals surface area contributed by atoms with E-state index in [0.29, 0.717) is 30.2 Å². The van der Waals surface area contributed by atoms with E-state index < -0.39 is 0 Å². The van der Waals surface area contributed by atoms with Gasteiger partial charge in [0.05, 0.1) is 24.5 Å². The summed E-state index contributed by atoms with van der Waals surface area (Å²) in [6.07, 6.45) is 3.78. The molecule has 5 heteroatoms. The Balaban J connectivity index is 1.60. The van der Waals surface area contributed by atoms with Crippen LogP contribution in [-0.4, -0.2) is 25.2 Å². The van der Waals surface area contributed by atoms with Crippen molar-refractivity contribution in [3.63, 3.8) is 0 Å². The van der Waals surface area contributed by atoms with E-state index in [-0.39, 0.29) is 12.0 Å². The summed E-state index contributed by atoms with van der Waals surface area (Å²) in [5.41, 5.74) is 0.520. The quantitative estimate of drug-likeness (QED) is 0.891.